The van der Waals surface area contributed by atoms with Gasteiger partial charge < -0.3 is 5.32 Å². The predicted octanol–water partition coefficient (Wildman–Crippen LogP) is 3.94. The first-order valence-corrected chi connectivity index (χ1v) is 7.72. The lowest BCUT2D eigenvalue weighted by molar-refractivity contribution is 0.318. The molecule has 0 heterocycles. The lowest BCUT2D eigenvalue weighted by atomic mass is 10.1. The van der Waals surface area contributed by atoms with Gasteiger partial charge in [-0.15, -0.1) is 0 Å². The Labute approximate surface area is 134 Å². The molecule has 0 aliphatic carbocycles. The largest absolute Gasteiger partial charge is 0.316 e. The lowest BCUT2D eigenvalue weighted by Gasteiger charge is -2.18. The standard InChI is InChI=1S/C17H20BrFN2/c1-20-10-13-6-7-15(17(18)9-13)12-21(2)11-14-4-3-5-16(19)8-14/h3-9,20H,10-12H2,1-2H3. The summed E-state index contributed by atoms with van der Waals surface area (Å²) in [6.07, 6.45) is 0. The first-order chi connectivity index (χ1) is 10.1. The van der Waals surface area contributed by atoms with E-state index in [1.54, 1.807) is 12.1 Å². The third kappa shape index (κ3) is 4.92. The molecule has 0 bridgehead atoms. The number of halogens is 2. The molecule has 2 aromatic rings. The fourth-order valence-electron chi connectivity index (χ4n) is 2.33. The molecule has 2 aromatic carbocycles. The van der Waals surface area contributed by atoms with Crippen LogP contribution in [0.15, 0.2) is 46.9 Å². The van der Waals surface area contributed by atoms with Gasteiger partial charge in [-0.1, -0.05) is 40.2 Å². The van der Waals surface area contributed by atoms with Crippen LogP contribution < -0.4 is 5.32 Å². The molecule has 112 valence electrons. The molecule has 2 nitrogen and oxygen atoms in total. The quantitative estimate of drug-likeness (QED) is 0.848. The first kappa shape index (κ1) is 16.1. The maximum Gasteiger partial charge on any atom is 0.123 e. The van der Waals surface area contributed by atoms with Crippen LogP contribution in [0.4, 0.5) is 4.39 Å². The molecule has 0 aliphatic rings. The van der Waals surface area contributed by atoms with Crippen LogP contribution in [0.5, 0.6) is 0 Å². The second-order valence-electron chi connectivity index (χ2n) is 5.26. The van der Waals surface area contributed by atoms with Crippen molar-refractivity contribution >= 4 is 15.9 Å². The Morgan fingerprint density at radius 1 is 1.10 bits per heavy atom. The van der Waals surface area contributed by atoms with Crippen LogP contribution in [0.2, 0.25) is 0 Å². The summed E-state index contributed by atoms with van der Waals surface area (Å²) < 4.78 is 14.3. The third-order valence-corrected chi connectivity index (χ3v) is 4.02. The third-order valence-electron chi connectivity index (χ3n) is 3.28. The van der Waals surface area contributed by atoms with E-state index in [2.05, 4.69) is 44.3 Å². The Morgan fingerprint density at radius 3 is 2.57 bits per heavy atom. The van der Waals surface area contributed by atoms with Crippen LogP contribution in [0.3, 0.4) is 0 Å². The van der Waals surface area contributed by atoms with Crippen molar-refractivity contribution in [2.75, 3.05) is 14.1 Å². The van der Waals surface area contributed by atoms with E-state index in [-0.39, 0.29) is 5.82 Å². The molecule has 0 aliphatic heterocycles. The van der Waals surface area contributed by atoms with Crippen LogP contribution in [0, 0.1) is 5.82 Å². The Morgan fingerprint density at radius 2 is 1.90 bits per heavy atom. The zero-order valence-corrected chi connectivity index (χ0v) is 14.0. The van der Waals surface area contributed by atoms with E-state index in [0.29, 0.717) is 0 Å². The zero-order chi connectivity index (χ0) is 15.2. The van der Waals surface area contributed by atoms with Gasteiger partial charge in [0.25, 0.3) is 0 Å². The van der Waals surface area contributed by atoms with Crippen molar-refractivity contribution in [2.24, 2.45) is 0 Å². The van der Waals surface area contributed by atoms with Gasteiger partial charge in [0, 0.05) is 24.1 Å². The summed E-state index contributed by atoms with van der Waals surface area (Å²) in [5.41, 5.74) is 3.47. The predicted molar refractivity (Wildman–Crippen MR) is 88.5 cm³/mol. The highest BCUT2D eigenvalue weighted by Gasteiger charge is 2.06. The van der Waals surface area contributed by atoms with Gasteiger partial charge in [-0.3, -0.25) is 4.90 Å². The van der Waals surface area contributed by atoms with Crippen molar-refractivity contribution in [3.05, 3.63) is 69.4 Å². The van der Waals surface area contributed by atoms with E-state index < -0.39 is 0 Å². The molecule has 0 radical (unpaired) electrons. The molecule has 1 N–H and O–H groups in total. The molecule has 2 rings (SSSR count). The smallest absolute Gasteiger partial charge is 0.123 e. The number of nitrogens with one attached hydrogen (secondary N) is 1. The van der Waals surface area contributed by atoms with Gasteiger partial charge in [0.15, 0.2) is 0 Å². The topological polar surface area (TPSA) is 15.3 Å². The summed E-state index contributed by atoms with van der Waals surface area (Å²) in [6, 6.07) is 13.2. The van der Waals surface area contributed by atoms with Crippen LogP contribution in [0.1, 0.15) is 16.7 Å². The molecule has 0 atom stereocenters. The average Bonchev–Trinajstić information content (AvgIpc) is 2.42. The lowest BCUT2D eigenvalue weighted by Crippen LogP contribution is -2.17. The number of hydrogen-bond acceptors (Lipinski definition) is 2. The fourth-order valence-corrected chi connectivity index (χ4v) is 2.88. The summed E-state index contributed by atoms with van der Waals surface area (Å²) in [4.78, 5) is 2.17. The van der Waals surface area contributed by atoms with Gasteiger partial charge in [0.2, 0.25) is 0 Å². The number of rotatable bonds is 6. The minimum Gasteiger partial charge on any atom is -0.316 e. The summed E-state index contributed by atoms with van der Waals surface area (Å²) >= 11 is 3.63. The zero-order valence-electron chi connectivity index (χ0n) is 12.4. The summed E-state index contributed by atoms with van der Waals surface area (Å²) in [5.74, 6) is -0.182. The maximum absolute atomic E-state index is 13.2. The Balaban J connectivity index is 2.00. The fraction of sp³-hybridized carbons (Fsp3) is 0.294. The molecule has 0 spiro atoms. The highest BCUT2D eigenvalue weighted by molar-refractivity contribution is 9.10. The van der Waals surface area contributed by atoms with Gasteiger partial charge in [-0.25, -0.2) is 4.39 Å². The van der Waals surface area contributed by atoms with E-state index in [1.165, 1.54) is 17.2 Å². The summed E-state index contributed by atoms with van der Waals surface area (Å²) in [6.45, 7) is 2.40. The van der Waals surface area contributed by atoms with E-state index in [9.17, 15) is 4.39 Å². The van der Waals surface area contributed by atoms with Crippen molar-refractivity contribution < 1.29 is 4.39 Å². The van der Waals surface area contributed by atoms with Gasteiger partial charge >= 0.3 is 0 Å². The highest BCUT2D eigenvalue weighted by atomic mass is 79.9. The average molecular weight is 351 g/mol. The van der Waals surface area contributed by atoms with Crippen LogP contribution in [-0.2, 0) is 19.6 Å². The minimum atomic E-state index is -0.182. The van der Waals surface area contributed by atoms with E-state index >= 15 is 0 Å². The molecule has 0 saturated heterocycles. The molecule has 0 aromatic heterocycles. The summed E-state index contributed by atoms with van der Waals surface area (Å²) in [7, 11) is 3.98. The first-order valence-electron chi connectivity index (χ1n) is 6.93. The van der Waals surface area contributed by atoms with Gasteiger partial charge in [-0.05, 0) is 49.0 Å². The number of nitrogens with zero attached hydrogens (tertiary/aromatic N) is 1. The Bertz CT molecular complexity index is 601. The molecular formula is C17H20BrFN2. The molecule has 0 amide bonds. The molecule has 0 unspecified atom stereocenters. The van der Waals surface area contributed by atoms with Crippen molar-refractivity contribution in [2.45, 2.75) is 19.6 Å². The SMILES string of the molecule is CNCc1ccc(CN(C)Cc2cccc(F)c2)c(Br)c1. The van der Waals surface area contributed by atoms with Gasteiger partial charge in [0.1, 0.15) is 5.82 Å². The van der Waals surface area contributed by atoms with Crippen LogP contribution in [-0.4, -0.2) is 19.0 Å². The molecule has 0 saturated carbocycles. The second kappa shape index (κ2) is 7.69. The van der Waals surface area contributed by atoms with Crippen molar-refractivity contribution in [1.82, 2.24) is 10.2 Å². The van der Waals surface area contributed by atoms with E-state index in [0.717, 1.165) is 29.7 Å². The molecule has 0 fully saturated rings. The molecule has 21 heavy (non-hydrogen) atoms. The van der Waals surface area contributed by atoms with Crippen LogP contribution in [0.25, 0.3) is 0 Å². The van der Waals surface area contributed by atoms with Crippen molar-refractivity contribution in [3.8, 4) is 0 Å². The Hall–Kier alpha value is -1.23. The van der Waals surface area contributed by atoms with E-state index in [1.807, 2.05) is 20.2 Å². The molecular weight excluding hydrogens is 331 g/mol. The monoisotopic (exact) mass is 350 g/mol. The van der Waals surface area contributed by atoms with Crippen molar-refractivity contribution in [1.29, 1.82) is 0 Å². The van der Waals surface area contributed by atoms with Gasteiger partial charge in [0.05, 0.1) is 0 Å². The number of hydrogen-bond donors (Lipinski definition) is 1. The normalized spacial score (nSPS) is 11.1. The second-order valence-corrected chi connectivity index (χ2v) is 6.11. The van der Waals surface area contributed by atoms with Crippen LogP contribution >= 0.6 is 15.9 Å². The summed E-state index contributed by atoms with van der Waals surface area (Å²) in [5, 5.41) is 3.14. The van der Waals surface area contributed by atoms with Crippen molar-refractivity contribution in [3.63, 3.8) is 0 Å². The van der Waals surface area contributed by atoms with Gasteiger partial charge in [-0.2, -0.15) is 0 Å². The molecule has 4 heteroatoms. The minimum absolute atomic E-state index is 0.182. The highest BCUT2D eigenvalue weighted by Crippen LogP contribution is 2.21. The Kier molecular flexibility index (Phi) is 5.91. The van der Waals surface area contributed by atoms with E-state index in [4.69, 9.17) is 0 Å². The number of benzene rings is 2. The maximum atomic E-state index is 13.2.